The molecule has 0 unspecified atom stereocenters. The first-order chi connectivity index (χ1) is 4.66. The number of hydrogen-bond acceptors (Lipinski definition) is 2. The topological polar surface area (TPSA) is 69.0 Å². The zero-order chi connectivity index (χ0) is 7.98. The Bertz CT molecular complexity index is 129. The van der Waals surface area contributed by atoms with Crippen molar-refractivity contribution in [2.24, 2.45) is 11.0 Å². The van der Waals surface area contributed by atoms with Gasteiger partial charge in [-0.1, -0.05) is 19.0 Å². The quantitative estimate of drug-likeness (QED) is 0.363. The van der Waals surface area contributed by atoms with Crippen molar-refractivity contribution in [1.82, 2.24) is 0 Å². The molecule has 4 heteroatoms. The molecule has 0 spiro atoms. The predicted octanol–water partition coefficient (Wildman–Crippen LogP) is 1.70. The molecule has 0 heterocycles. The average molecular weight is 143 g/mol. The summed E-state index contributed by atoms with van der Waals surface area (Å²) in [4.78, 5) is 2.55. The molecule has 0 bridgehead atoms. The molecule has 0 aliphatic carbocycles. The molecule has 0 radical (unpaired) electrons. The maximum absolute atomic E-state index is 9.09. The Morgan fingerprint density at radius 1 is 1.60 bits per heavy atom. The number of nitrogens with zero attached hydrogens (tertiary/aromatic N) is 3. The van der Waals surface area contributed by atoms with E-state index in [1.165, 1.54) is 0 Å². The maximum Gasteiger partial charge on any atom is 0.0599 e. The molecule has 0 fully saturated rings. The summed E-state index contributed by atoms with van der Waals surface area (Å²) in [6.45, 7) is 4.22. The summed E-state index contributed by atoms with van der Waals surface area (Å²) in [6, 6.07) is 0. The number of hydrogen-bond donors (Lipinski definition) is 1. The van der Waals surface area contributed by atoms with Gasteiger partial charge in [0, 0.05) is 4.91 Å². The third-order valence-electron chi connectivity index (χ3n) is 1.10. The van der Waals surface area contributed by atoms with E-state index >= 15 is 0 Å². The summed E-state index contributed by atoms with van der Waals surface area (Å²) in [5, 5.41) is 12.3. The van der Waals surface area contributed by atoms with E-state index in [4.69, 9.17) is 10.6 Å². The minimum atomic E-state index is -0.476. The van der Waals surface area contributed by atoms with E-state index in [0.717, 1.165) is 0 Å². The predicted molar refractivity (Wildman–Crippen MR) is 39.5 cm³/mol. The van der Waals surface area contributed by atoms with Crippen LogP contribution in [-0.2, 0) is 0 Å². The van der Waals surface area contributed by atoms with E-state index in [2.05, 4.69) is 10.0 Å². The number of rotatable bonds is 4. The fraction of sp³-hybridized carbons (Fsp3) is 1.00. The smallest absolute Gasteiger partial charge is 0.0599 e. The molecule has 0 aliphatic heterocycles. The van der Waals surface area contributed by atoms with Gasteiger partial charge in [0.05, 0.1) is 12.6 Å². The van der Waals surface area contributed by atoms with Crippen LogP contribution in [0.1, 0.15) is 20.3 Å². The molecule has 1 atom stereocenters. The van der Waals surface area contributed by atoms with Gasteiger partial charge < -0.3 is 5.11 Å². The fourth-order valence-corrected chi connectivity index (χ4v) is 0.749. The highest BCUT2D eigenvalue weighted by atomic mass is 16.3. The lowest BCUT2D eigenvalue weighted by atomic mass is 10.1. The monoisotopic (exact) mass is 143 g/mol. The van der Waals surface area contributed by atoms with Crippen LogP contribution in [0, 0.1) is 5.92 Å². The third-order valence-corrected chi connectivity index (χ3v) is 1.10. The van der Waals surface area contributed by atoms with Crippen LogP contribution < -0.4 is 0 Å². The summed E-state index contributed by atoms with van der Waals surface area (Å²) >= 11 is 0. The van der Waals surface area contributed by atoms with E-state index in [-0.39, 0.29) is 6.54 Å². The SMILES string of the molecule is CC(C)C[C@@H](O)CN=[N+]=[N-]. The minimum Gasteiger partial charge on any atom is -0.393 e. The lowest BCUT2D eigenvalue weighted by molar-refractivity contribution is 0.157. The number of azide groups is 1. The number of aliphatic hydroxyl groups excluding tert-OH is 1. The van der Waals surface area contributed by atoms with Gasteiger partial charge >= 0.3 is 0 Å². The van der Waals surface area contributed by atoms with Crippen molar-refractivity contribution >= 4 is 0 Å². The van der Waals surface area contributed by atoms with Crippen molar-refractivity contribution < 1.29 is 5.11 Å². The Balaban J connectivity index is 3.42. The third kappa shape index (κ3) is 5.41. The van der Waals surface area contributed by atoms with Gasteiger partial charge in [-0.25, -0.2) is 0 Å². The van der Waals surface area contributed by atoms with Crippen LogP contribution in [0.4, 0.5) is 0 Å². The molecule has 10 heavy (non-hydrogen) atoms. The molecule has 0 saturated carbocycles. The molecule has 0 aromatic carbocycles. The zero-order valence-electron chi connectivity index (χ0n) is 6.36. The van der Waals surface area contributed by atoms with E-state index in [1.54, 1.807) is 0 Å². The normalized spacial score (nSPS) is 12.8. The molecular formula is C6H13N3O. The van der Waals surface area contributed by atoms with Crippen molar-refractivity contribution in [3.8, 4) is 0 Å². The lowest BCUT2D eigenvalue weighted by Crippen LogP contribution is -2.12. The van der Waals surface area contributed by atoms with Crippen molar-refractivity contribution in [1.29, 1.82) is 0 Å². The summed E-state index contributed by atoms with van der Waals surface area (Å²) in [6.07, 6.45) is 0.217. The van der Waals surface area contributed by atoms with Crippen molar-refractivity contribution in [3.63, 3.8) is 0 Å². The highest BCUT2D eigenvalue weighted by molar-refractivity contribution is 4.61. The Kier molecular flexibility index (Phi) is 4.72. The first-order valence-corrected chi connectivity index (χ1v) is 3.35. The molecule has 0 rings (SSSR count). The zero-order valence-corrected chi connectivity index (χ0v) is 6.36. The molecule has 0 aliphatic rings. The molecular weight excluding hydrogens is 130 g/mol. The summed E-state index contributed by atoms with van der Waals surface area (Å²) in [5.41, 5.74) is 7.90. The highest BCUT2D eigenvalue weighted by Crippen LogP contribution is 2.04. The van der Waals surface area contributed by atoms with Crippen molar-refractivity contribution in [3.05, 3.63) is 10.4 Å². The Morgan fingerprint density at radius 3 is 2.60 bits per heavy atom. The minimum absolute atomic E-state index is 0.189. The summed E-state index contributed by atoms with van der Waals surface area (Å²) in [5.74, 6) is 0.448. The van der Waals surface area contributed by atoms with E-state index in [0.29, 0.717) is 12.3 Å². The van der Waals surface area contributed by atoms with Crippen LogP contribution >= 0.6 is 0 Å². The average Bonchev–Trinajstić information content (AvgIpc) is 1.82. The molecule has 0 saturated heterocycles. The lowest BCUT2D eigenvalue weighted by Gasteiger charge is -2.08. The van der Waals surface area contributed by atoms with Crippen LogP contribution in [0.3, 0.4) is 0 Å². The van der Waals surface area contributed by atoms with Crippen LogP contribution in [0.15, 0.2) is 5.11 Å². The number of aliphatic hydroxyl groups is 1. The van der Waals surface area contributed by atoms with E-state index < -0.39 is 6.10 Å². The fourth-order valence-electron chi connectivity index (χ4n) is 0.749. The second-order valence-electron chi connectivity index (χ2n) is 2.70. The van der Waals surface area contributed by atoms with Crippen LogP contribution in [0.5, 0.6) is 0 Å². The second kappa shape index (κ2) is 5.09. The van der Waals surface area contributed by atoms with Crippen LogP contribution in [0.2, 0.25) is 0 Å². The largest absolute Gasteiger partial charge is 0.393 e. The van der Waals surface area contributed by atoms with E-state index in [9.17, 15) is 0 Å². The molecule has 0 aromatic heterocycles. The maximum atomic E-state index is 9.09. The standard InChI is InChI=1S/C6H13N3O/c1-5(2)3-6(10)4-8-9-7/h5-6,10H,3-4H2,1-2H3/t6-/m1/s1. The second-order valence-corrected chi connectivity index (χ2v) is 2.70. The van der Waals surface area contributed by atoms with Gasteiger partial charge in [0.15, 0.2) is 0 Å². The van der Waals surface area contributed by atoms with Crippen molar-refractivity contribution in [2.45, 2.75) is 26.4 Å². The van der Waals surface area contributed by atoms with Gasteiger partial charge in [0.25, 0.3) is 0 Å². The van der Waals surface area contributed by atoms with Gasteiger partial charge in [-0.15, -0.1) is 0 Å². The van der Waals surface area contributed by atoms with Crippen LogP contribution in [0.25, 0.3) is 10.4 Å². The first-order valence-electron chi connectivity index (χ1n) is 3.35. The van der Waals surface area contributed by atoms with Gasteiger partial charge in [0.2, 0.25) is 0 Å². The Hall–Kier alpha value is -0.730. The van der Waals surface area contributed by atoms with Gasteiger partial charge in [0.1, 0.15) is 0 Å². The van der Waals surface area contributed by atoms with Crippen LogP contribution in [-0.4, -0.2) is 17.8 Å². The molecule has 58 valence electrons. The molecule has 4 nitrogen and oxygen atoms in total. The Morgan fingerprint density at radius 2 is 2.20 bits per heavy atom. The Labute approximate surface area is 60.5 Å². The molecule has 1 N–H and O–H groups in total. The van der Waals surface area contributed by atoms with E-state index in [1.807, 2.05) is 13.8 Å². The molecule has 0 aromatic rings. The van der Waals surface area contributed by atoms with Gasteiger partial charge in [-0.2, -0.15) is 0 Å². The molecule has 0 amide bonds. The van der Waals surface area contributed by atoms with Crippen molar-refractivity contribution in [2.75, 3.05) is 6.54 Å². The highest BCUT2D eigenvalue weighted by Gasteiger charge is 2.03. The van der Waals surface area contributed by atoms with Gasteiger partial charge in [-0.3, -0.25) is 0 Å². The van der Waals surface area contributed by atoms with Gasteiger partial charge in [-0.05, 0) is 17.9 Å². The first kappa shape index (κ1) is 9.27. The summed E-state index contributed by atoms with van der Waals surface area (Å²) in [7, 11) is 0. The summed E-state index contributed by atoms with van der Waals surface area (Å²) < 4.78 is 0.